The molecule has 10 heteroatoms. The van der Waals surface area contributed by atoms with Gasteiger partial charge in [-0.2, -0.15) is 0 Å². The first kappa shape index (κ1) is 20.1. The Labute approximate surface area is 176 Å². The minimum absolute atomic E-state index is 0.0442. The van der Waals surface area contributed by atoms with Crippen LogP contribution in [0.3, 0.4) is 0 Å². The Kier molecular flexibility index (Phi) is 5.84. The number of amides is 2. The second kappa shape index (κ2) is 8.70. The Bertz CT molecular complexity index is 967. The maximum Gasteiger partial charge on any atom is 0.308 e. The number of ether oxygens (including phenoxy) is 3. The van der Waals surface area contributed by atoms with E-state index in [0.29, 0.717) is 53.8 Å². The van der Waals surface area contributed by atoms with Gasteiger partial charge < -0.3 is 19.1 Å². The number of benzene rings is 1. The van der Waals surface area contributed by atoms with Gasteiger partial charge in [-0.1, -0.05) is 0 Å². The first-order chi connectivity index (χ1) is 14.5. The molecule has 1 aromatic carbocycles. The molecule has 1 aromatic heterocycles. The molecule has 0 aliphatic carbocycles. The van der Waals surface area contributed by atoms with Crippen LogP contribution in [-0.2, 0) is 20.7 Å². The van der Waals surface area contributed by atoms with Crippen molar-refractivity contribution in [2.75, 3.05) is 32.3 Å². The van der Waals surface area contributed by atoms with Crippen molar-refractivity contribution in [3.05, 3.63) is 34.8 Å². The quantitative estimate of drug-likeness (QED) is 0.722. The highest BCUT2D eigenvalue weighted by Crippen LogP contribution is 2.32. The number of nitrogens with zero attached hydrogens (tertiary/aromatic N) is 2. The fourth-order valence-electron chi connectivity index (χ4n) is 3.45. The maximum absolute atomic E-state index is 12.5. The van der Waals surface area contributed by atoms with Crippen LogP contribution in [0.1, 0.15) is 28.9 Å². The van der Waals surface area contributed by atoms with Gasteiger partial charge in [0.15, 0.2) is 16.6 Å². The average Bonchev–Trinajstić information content (AvgIpc) is 3.41. The van der Waals surface area contributed by atoms with E-state index in [-0.39, 0.29) is 36.9 Å². The third-order valence-corrected chi connectivity index (χ3v) is 5.93. The number of nitrogens with one attached hydrogen (secondary N) is 1. The second-order valence-corrected chi connectivity index (χ2v) is 7.88. The lowest BCUT2D eigenvalue weighted by molar-refractivity contribution is -0.148. The molecule has 0 atom stereocenters. The van der Waals surface area contributed by atoms with Gasteiger partial charge in [0.1, 0.15) is 0 Å². The molecule has 4 rings (SSSR count). The monoisotopic (exact) mass is 431 g/mol. The van der Waals surface area contributed by atoms with E-state index < -0.39 is 0 Å². The highest BCUT2D eigenvalue weighted by molar-refractivity contribution is 7.14. The van der Waals surface area contributed by atoms with Gasteiger partial charge >= 0.3 is 5.97 Å². The molecule has 2 amide bonds. The lowest BCUT2D eigenvalue weighted by Crippen LogP contribution is -2.41. The van der Waals surface area contributed by atoms with Gasteiger partial charge in [-0.25, -0.2) is 4.98 Å². The summed E-state index contributed by atoms with van der Waals surface area (Å²) in [5.74, 6) is 0.421. The molecule has 2 aliphatic rings. The largest absolute Gasteiger partial charge is 0.469 e. The minimum atomic E-state index is -0.314. The van der Waals surface area contributed by atoms with Gasteiger partial charge in [-0.15, -0.1) is 11.3 Å². The lowest BCUT2D eigenvalue weighted by atomic mass is 9.97. The molecule has 2 aliphatic heterocycles. The van der Waals surface area contributed by atoms with Gasteiger partial charge in [0.25, 0.3) is 5.91 Å². The molecular weight excluding hydrogens is 410 g/mol. The molecule has 0 bridgehead atoms. The molecule has 9 nitrogen and oxygen atoms in total. The molecule has 0 unspecified atom stereocenters. The number of hydrogen-bond donors (Lipinski definition) is 1. The Morgan fingerprint density at radius 2 is 2.00 bits per heavy atom. The van der Waals surface area contributed by atoms with Crippen molar-refractivity contribution < 1.29 is 28.6 Å². The zero-order valence-corrected chi connectivity index (χ0v) is 17.2. The predicted molar refractivity (Wildman–Crippen MR) is 108 cm³/mol. The van der Waals surface area contributed by atoms with Gasteiger partial charge in [-0.05, 0) is 31.0 Å². The highest BCUT2D eigenvalue weighted by atomic mass is 32.1. The van der Waals surface area contributed by atoms with Gasteiger partial charge in [0, 0.05) is 24.0 Å². The molecule has 0 spiro atoms. The zero-order valence-electron chi connectivity index (χ0n) is 16.4. The van der Waals surface area contributed by atoms with E-state index in [2.05, 4.69) is 10.3 Å². The van der Waals surface area contributed by atoms with Crippen molar-refractivity contribution in [1.82, 2.24) is 9.88 Å². The van der Waals surface area contributed by atoms with E-state index in [1.807, 2.05) is 0 Å². The van der Waals surface area contributed by atoms with Crippen LogP contribution in [0.5, 0.6) is 11.5 Å². The fraction of sp³-hybridized carbons (Fsp3) is 0.400. The summed E-state index contributed by atoms with van der Waals surface area (Å²) in [5.41, 5.74) is 1.03. The van der Waals surface area contributed by atoms with E-state index in [1.165, 1.54) is 18.4 Å². The molecule has 0 radical (unpaired) electrons. The molecule has 1 N–H and O–H groups in total. The number of esters is 1. The number of methoxy groups -OCH3 is 1. The molecule has 1 saturated heterocycles. The smallest absolute Gasteiger partial charge is 0.308 e. The number of carbonyl (C=O) groups is 3. The standard InChI is InChI=1S/C20H21N3O6S/c1-27-19(26)12-4-6-23(7-5-12)17(24)9-14-10-30-20(21-14)22-18(25)13-2-3-15-16(8-13)29-11-28-15/h2-3,8,10,12H,4-7,9,11H2,1H3,(H,21,22,25). The van der Waals surface area contributed by atoms with Crippen molar-refractivity contribution in [3.63, 3.8) is 0 Å². The van der Waals surface area contributed by atoms with E-state index in [4.69, 9.17) is 14.2 Å². The Hall–Kier alpha value is -3.14. The number of aromatic nitrogens is 1. The van der Waals surface area contributed by atoms with Crippen LogP contribution in [0, 0.1) is 5.92 Å². The van der Waals surface area contributed by atoms with E-state index in [0.717, 1.165) is 0 Å². The number of piperidine rings is 1. The van der Waals surface area contributed by atoms with Crippen molar-refractivity contribution >= 4 is 34.3 Å². The van der Waals surface area contributed by atoms with Gasteiger partial charge in [0.2, 0.25) is 12.7 Å². The lowest BCUT2D eigenvalue weighted by Gasteiger charge is -2.30. The molecule has 3 heterocycles. The van der Waals surface area contributed by atoms with Crippen LogP contribution in [0.4, 0.5) is 5.13 Å². The number of rotatable bonds is 5. The zero-order chi connectivity index (χ0) is 21.1. The minimum Gasteiger partial charge on any atom is -0.469 e. The highest BCUT2D eigenvalue weighted by Gasteiger charge is 2.28. The summed E-state index contributed by atoms with van der Waals surface area (Å²) in [6.45, 7) is 1.19. The fourth-order valence-corrected chi connectivity index (χ4v) is 4.16. The predicted octanol–water partition coefficient (Wildman–Crippen LogP) is 2.08. The Morgan fingerprint density at radius 1 is 1.23 bits per heavy atom. The molecule has 2 aromatic rings. The third kappa shape index (κ3) is 4.38. The Balaban J connectivity index is 1.30. The van der Waals surface area contributed by atoms with E-state index in [1.54, 1.807) is 28.5 Å². The maximum atomic E-state index is 12.5. The van der Waals surface area contributed by atoms with E-state index >= 15 is 0 Å². The van der Waals surface area contributed by atoms with Gasteiger partial charge in [0.05, 0.1) is 25.1 Å². The van der Waals surface area contributed by atoms with E-state index in [9.17, 15) is 14.4 Å². The summed E-state index contributed by atoms with van der Waals surface area (Å²) in [7, 11) is 1.38. The summed E-state index contributed by atoms with van der Waals surface area (Å²) in [6, 6.07) is 4.96. The molecule has 30 heavy (non-hydrogen) atoms. The summed E-state index contributed by atoms with van der Waals surface area (Å²) >= 11 is 1.26. The second-order valence-electron chi connectivity index (χ2n) is 7.02. The third-order valence-electron chi connectivity index (χ3n) is 5.12. The normalized spacial score (nSPS) is 15.7. The van der Waals surface area contributed by atoms with Crippen molar-refractivity contribution in [2.45, 2.75) is 19.3 Å². The molecule has 0 saturated carbocycles. The summed E-state index contributed by atoms with van der Waals surface area (Å²) < 4.78 is 15.3. The molecular formula is C20H21N3O6S. The van der Waals surface area contributed by atoms with Crippen molar-refractivity contribution in [2.24, 2.45) is 5.92 Å². The first-order valence-electron chi connectivity index (χ1n) is 9.54. The SMILES string of the molecule is COC(=O)C1CCN(C(=O)Cc2csc(NC(=O)c3ccc4c(c3)OCO4)n2)CC1. The van der Waals surface area contributed by atoms with Crippen molar-refractivity contribution in [1.29, 1.82) is 0 Å². The summed E-state index contributed by atoms with van der Waals surface area (Å²) in [6.07, 6.45) is 1.36. The number of fused-ring (bicyclic) bond motifs is 1. The van der Waals surface area contributed by atoms with Crippen LogP contribution in [0.25, 0.3) is 0 Å². The van der Waals surface area contributed by atoms with Gasteiger partial charge in [-0.3, -0.25) is 19.7 Å². The topological polar surface area (TPSA) is 107 Å². The number of carbonyl (C=O) groups excluding carboxylic acids is 3. The van der Waals surface area contributed by atoms with Crippen LogP contribution < -0.4 is 14.8 Å². The first-order valence-corrected chi connectivity index (χ1v) is 10.4. The average molecular weight is 431 g/mol. The number of thiazole rings is 1. The number of anilines is 1. The number of hydrogen-bond acceptors (Lipinski definition) is 8. The molecule has 158 valence electrons. The van der Waals surface area contributed by atoms with Crippen LogP contribution in [-0.4, -0.2) is 54.7 Å². The van der Waals surface area contributed by atoms with Crippen LogP contribution >= 0.6 is 11.3 Å². The Morgan fingerprint density at radius 3 is 2.77 bits per heavy atom. The summed E-state index contributed by atoms with van der Waals surface area (Å²) in [4.78, 5) is 42.7. The van der Waals surface area contributed by atoms with Crippen LogP contribution in [0.15, 0.2) is 23.6 Å². The summed E-state index contributed by atoms with van der Waals surface area (Å²) in [5, 5.41) is 4.92. The van der Waals surface area contributed by atoms with Crippen LogP contribution in [0.2, 0.25) is 0 Å². The molecule has 1 fully saturated rings. The number of likely N-dealkylation sites (tertiary alicyclic amines) is 1. The van der Waals surface area contributed by atoms with Crippen molar-refractivity contribution in [3.8, 4) is 11.5 Å².